The zero-order chi connectivity index (χ0) is 17.0. The molecule has 6 heteroatoms. The van der Waals surface area contributed by atoms with Gasteiger partial charge in [-0.3, -0.25) is 9.59 Å². The highest BCUT2D eigenvalue weighted by atomic mass is 79.9. The molecule has 0 aliphatic carbocycles. The summed E-state index contributed by atoms with van der Waals surface area (Å²) >= 11 is 3.15. The number of amides is 1. The molecule has 0 saturated carbocycles. The third kappa shape index (κ3) is 4.63. The minimum absolute atomic E-state index is 0.0751. The van der Waals surface area contributed by atoms with E-state index in [-0.39, 0.29) is 11.5 Å². The van der Waals surface area contributed by atoms with Gasteiger partial charge < -0.3 is 10.1 Å². The van der Waals surface area contributed by atoms with Crippen molar-refractivity contribution in [2.24, 2.45) is 0 Å². The molecule has 1 amide bonds. The molecule has 0 aliphatic rings. The van der Waals surface area contributed by atoms with E-state index in [2.05, 4.69) is 21.2 Å². The van der Waals surface area contributed by atoms with Gasteiger partial charge >= 0.3 is 0 Å². The van der Waals surface area contributed by atoms with Crippen molar-refractivity contribution in [2.75, 3.05) is 5.32 Å². The Bertz CT molecular complexity index is 748. The number of benzene rings is 2. The van der Waals surface area contributed by atoms with E-state index in [0.717, 1.165) is 0 Å². The van der Waals surface area contributed by atoms with Crippen LogP contribution in [-0.4, -0.2) is 17.8 Å². The molecule has 2 aromatic carbocycles. The fourth-order valence-corrected chi connectivity index (χ4v) is 2.20. The third-order valence-electron chi connectivity index (χ3n) is 3.11. The van der Waals surface area contributed by atoms with Gasteiger partial charge in [0.1, 0.15) is 11.6 Å². The maximum Gasteiger partial charge on any atom is 0.265 e. The highest BCUT2D eigenvalue weighted by Gasteiger charge is 2.17. The molecule has 2 aromatic rings. The molecule has 0 heterocycles. The molecule has 120 valence electrons. The highest BCUT2D eigenvalue weighted by molar-refractivity contribution is 9.10. The first-order chi connectivity index (χ1) is 10.9. The molecular formula is C17H15BrFNO3. The van der Waals surface area contributed by atoms with Crippen LogP contribution in [0.25, 0.3) is 0 Å². The van der Waals surface area contributed by atoms with Crippen LogP contribution < -0.4 is 10.1 Å². The number of hydrogen-bond donors (Lipinski definition) is 1. The van der Waals surface area contributed by atoms with E-state index in [1.807, 2.05) is 0 Å². The summed E-state index contributed by atoms with van der Waals surface area (Å²) in [7, 11) is 0. The van der Waals surface area contributed by atoms with E-state index < -0.39 is 17.8 Å². The third-order valence-corrected chi connectivity index (χ3v) is 3.60. The lowest BCUT2D eigenvalue weighted by Crippen LogP contribution is -2.30. The van der Waals surface area contributed by atoms with Gasteiger partial charge in [-0.2, -0.15) is 0 Å². The Kier molecular flexibility index (Phi) is 5.50. The zero-order valence-corrected chi connectivity index (χ0v) is 14.2. The van der Waals surface area contributed by atoms with E-state index in [1.165, 1.54) is 19.1 Å². The Balaban J connectivity index is 2.05. The number of nitrogens with one attached hydrogen (secondary N) is 1. The minimum atomic E-state index is -0.847. The lowest BCUT2D eigenvalue weighted by Gasteiger charge is -2.15. The Hall–Kier alpha value is -2.21. The van der Waals surface area contributed by atoms with Crippen LogP contribution in [-0.2, 0) is 4.79 Å². The fourth-order valence-electron chi connectivity index (χ4n) is 1.87. The number of hydrogen-bond acceptors (Lipinski definition) is 3. The molecule has 23 heavy (non-hydrogen) atoms. The second kappa shape index (κ2) is 7.37. The predicted octanol–water partition coefficient (Wildman–Crippen LogP) is 4.20. The number of halogens is 2. The van der Waals surface area contributed by atoms with Gasteiger partial charge in [0.25, 0.3) is 5.91 Å². The van der Waals surface area contributed by atoms with E-state index in [4.69, 9.17) is 4.74 Å². The maximum atomic E-state index is 13.7. The van der Waals surface area contributed by atoms with Gasteiger partial charge in [-0.1, -0.05) is 28.1 Å². The average Bonchev–Trinajstić information content (AvgIpc) is 2.50. The summed E-state index contributed by atoms with van der Waals surface area (Å²) in [6.45, 7) is 3.00. The molecule has 0 unspecified atom stereocenters. The summed E-state index contributed by atoms with van der Waals surface area (Å²) in [5.74, 6) is -0.723. The number of rotatable bonds is 5. The number of ether oxygens (including phenoxy) is 1. The van der Waals surface area contributed by atoms with Crippen molar-refractivity contribution in [3.05, 3.63) is 58.3 Å². The standard InChI is InChI=1S/C17H15BrFNO3/c1-10(21)12-4-3-5-14(8-12)23-11(2)17(22)20-16-7-6-13(18)9-15(16)19/h3-9,11H,1-2H3,(H,20,22)/t11-/m0/s1. The predicted molar refractivity (Wildman–Crippen MR) is 89.3 cm³/mol. The van der Waals surface area contributed by atoms with Crippen LogP contribution in [0.2, 0.25) is 0 Å². The quantitative estimate of drug-likeness (QED) is 0.792. The van der Waals surface area contributed by atoms with Crippen LogP contribution in [0.5, 0.6) is 5.75 Å². The number of anilines is 1. The van der Waals surface area contributed by atoms with Gasteiger partial charge in [-0.15, -0.1) is 0 Å². The van der Waals surface area contributed by atoms with Crippen LogP contribution in [0, 0.1) is 5.82 Å². The first-order valence-electron chi connectivity index (χ1n) is 6.90. The van der Waals surface area contributed by atoms with Crippen LogP contribution in [0.3, 0.4) is 0 Å². The summed E-state index contributed by atoms with van der Waals surface area (Å²) < 4.78 is 19.8. The molecule has 0 aromatic heterocycles. The first kappa shape index (κ1) is 17.1. The van der Waals surface area contributed by atoms with Crippen molar-refractivity contribution in [1.29, 1.82) is 0 Å². The van der Waals surface area contributed by atoms with Crippen LogP contribution >= 0.6 is 15.9 Å². The summed E-state index contributed by atoms with van der Waals surface area (Å²) in [5.41, 5.74) is 0.570. The Morgan fingerprint density at radius 3 is 2.61 bits per heavy atom. The van der Waals surface area contributed by atoms with Gasteiger partial charge in [-0.05, 0) is 44.2 Å². The van der Waals surface area contributed by atoms with Crippen molar-refractivity contribution >= 4 is 33.3 Å². The summed E-state index contributed by atoms with van der Waals surface area (Å²) in [6.07, 6.45) is -0.847. The number of Topliss-reactive ketones (excluding diaryl/α,β-unsaturated/α-hetero) is 1. The topological polar surface area (TPSA) is 55.4 Å². The van der Waals surface area contributed by atoms with Crippen molar-refractivity contribution in [2.45, 2.75) is 20.0 Å². The number of ketones is 1. The largest absolute Gasteiger partial charge is 0.481 e. The first-order valence-corrected chi connectivity index (χ1v) is 7.69. The van der Waals surface area contributed by atoms with Crippen LogP contribution in [0.1, 0.15) is 24.2 Å². The number of carbonyl (C=O) groups is 2. The fraction of sp³-hybridized carbons (Fsp3) is 0.176. The summed E-state index contributed by atoms with van der Waals surface area (Å²) in [6, 6.07) is 10.9. The lowest BCUT2D eigenvalue weighted by molar-refractivity contribution is -0.122. The second-order valence-electron chi connectivity index (χ2n) is 4.96. The molecular weight excluding hydrogens is 365 g/mol. The smallest absolute Gasteiger partial charge is 0.265 e. The molecule has 0 spiro atoms. The normalized spacial score (nSPS) is 11.7. The molecule has 0 fully saturated rings. The Morgan fingerprint density at radius 2 is 1.96 bits per heavy atom. The Morgan fingerprint density at radius 1 is 1.22 bits per heavy atom. The van der Waals surface area contributed by atoms with E-state index in [0.29, 0.717) is 15.8 Å². The van der Waals surface area contributed by atoms with Gasteiger partial charge in [0.2, 0.25) is 0 Å². The van der Waals surface area contributed by atoms with Crippen LogP contribution in [0.15, 0.2) is 46.9 Å². The van der Waals surface area contributed by atoms with Gasteiger partial charge in [-0.25, -0.2) is 4.39 Å². The van der Waals surface area contributed by atoms with Crippen molar-refractivity contribution < 1.29 is 18.7 Å². The SMILES string of the molecule is CC(=O)c1cccc(O[C@@H](C)C(=O)Nc2ccc(Br)cc2F)c1. The Labute approximate surface area is 141 Å². The lowest BCUT2D eigenvalue weighted by atomic mass is 10.1. The molecule has 0 aliphatic heterocycles. The van der Waals surface area contributed by atoms with Crippen molar-refractivity contribution in [1.82, 2.24) is 0 Å². The van der Waals surface area contributed by atoms with Crippen molar-refractivity contribution in [3.63, 3.8) is 0 Å². The molecule has 1 atom stereocenters. The maximum absolute atomic E-state index is 13.7. The monoisotopic (exact) mass is 379 g/mol. The summed E-state index contributed by atoms with van der Waals surface area (Å²) in [4.78, 5) is 23.4. The van der Waals surface area contributed by atoms with Gasteiger partial charge in [0.05, 0.1) is 5.69 Å². The molecule has 4 nitrogen and oxygen atoms in total. The van der Waals surface area contributed by atoms with Gasteiger partial charge in [0, 0.05) is 10.0 Å². The molecule has 0 saturated heterocycles. The molecule has 1 N–H and O–H groups in total. The molecule has 0 radical (unpaired) electrons. The van der Waals surface area contributed by atoms with Crippen molar-refractivity contribution in [3.8, 4) is 5.75 Å². The summed E-state index contributed by atoms with van der Waals surface area (Å²) in [5, 5.41) is 2.47. The molecule has 0 bridgehead atoms. The average molecular weight is 380 g/mol. The van der Waals surface area contributed by atoms with Crippen LogP contribution in [0.4, 0.5) is 10.1 Å². The number of carbonyl (C=O) groups excluding carboxylic acids is 2. The molecule has 2 rings (SSSR count). The minimum Gasteiger partial charge on any atom is -0.481 e. The highest BCUT2D eigenvalue weighted by Crippen LogP contribution is 2.20. The zero-order valence-electron chi connectivity index (χ0n) is 12.6. The van der Waals surface area contributed by atoms with E-state index in [1.54, 1.807) is 37.3 Å². The van der Waals surface area contributed by atoms with E-state index in [9.17, 15) is 14.0 Å². The van der Waals surface area contributed by atoms with E-state index >= 15 is 0 Å². The van der Waals surface area contributed by atoms with Gasteiger partial charge in [0.15, 0.2) is 11.9 Å². The second-order valence-corrected chi connectivity index (χ2v) is 5.87.